The average molecular weight is 301 g/mol. The van der Waals surface area contributed by atoms with E-state index in [4.69, 9.17) is 4.74 Å². The molecule has 0 bridgehead atoms. The van der Waals surface area contributed by atoms with Crippen LogP contribution in [0.5, 0.6) is 0 Å². The van der Waals surface area contributed by atoms with Crippen LogP contribution in [0.3, 0.4) is 0 Å². The van der Waals surface area contributed by atoms with Gasteiger partial charge in [-0.05, 0) is 18.2 Å². The maximum Gasteiger partial charge on any atom is 0.250 e. The smallest absolute Gasteiger partial charge is 0.250 e. The van der Waals surface area contributed by atoms with Crippen molar-refractivity contribution < 1.29 is 9.53 Å². The Hall–Kier alpha value is -2.25. The molecule has 1 unspecified atom stereocenters. The van der Waals surface area contributed by atoms with Gasteiger partial charge in [0.15, 0.2) is 5.82 Å². The highest BCUT2D eigenvalue weighted by Gasteiger charge is 2.26. The minimum atomic E-state index is -0.412. The Morgan fingerprint density at radius 1 is 1.41 bits per heavy atom. The number of pyridine rings is 1. The Bertz CT molecular complexity index is 628. The lowest BCUT2D eigenvalue weighted by molar-refractivity contribution is -0.138. The van der Waals surface area contributed by atoms with E-state index >= 15 is 0 Å². The van der Waals surface area contributed by atoms with Gasteiger partial charge in [0.05, 0.1) is 12.3 Å². The number of aromatic nitrogens is 3. The molecule has 1 N–H and O–H groups in total. The summed E-state index contributed by atoms with van der Waals surface area (Å²) in [7, 11) is 1.63. The van der Waals surface area contributed by atoms with Crippen LogP contribution in [0, 0.1) is 0 Å². The van der Waals surface area contributed by atoms with Crippen molar-refractivity contribution in [2.24, 2.45) is 0 Å². The lowest BCUT2D eigenvalue weighted by Gasteiger charge is -2.31. The molecule has 0 saturated carbocycles. The third kappa shape index (κ3) is 3.15. The van der Waals surface area contributed by atoms with E-state index in [2.05, 4.69) is 20.3 Å². The molecule has 1 atom stereocenters. The number of likely N-dealkylation sites (N-methyl/N-ethyl adjacent to an activating group) is 1. The summed E-state index contributed by atoms with van der Waals surface area (Å²) in [6.45, 7) is 2.62. The number of carbonyl (C=O) groups is 1. The summed E-state index contributed by atoms with van der Waals surface area (Å²) in [5, 5.41) is 6.97. The van der Waals surface area contributed by atoms with Crippen LogP contribution < -0.4 is 5.32 Å². The van der Waals surface area contributed by atoms with Crippen LogP contribution >= 0.6 is 0 Å². The van der Waals surface area contributed by atoms with E-state index in [0.717, 1.165) is 18.1 Å². The predicted octanol–water partition coefficient (Wildman–Crippen LogP) is 0.214. The summed E-state index contributed by atoms with van der Waals surface area (Å²) in [5.74, 6) is 0.710. The number of hydrogen-bond acceptors (Lipinski definition) is 5. The maximum atomic E-state index is 11.7. The molecule has 1 saturated heterocycles. The van der Waals surface area contributed by atoms with Gasteiger partial charge in [0.1, 0.15) is 6.10 Å². The maximum absolute atomic E-state index is 11.7. The van der Waals surface area contributed by atoms with Crippen molar-refractivity contribution in [2.75, 3.05) is 26.7 Å². The zero-order valence-corrected chi connectivity index (χ0v) is 12.5. The van der Waals surface area contributed by atoms with Crippen molar-refractivity contribution in [1.29, 1.82) is 0 Å². The molecule has 3 heterocycles. The Balaban J connectivity index is 1.72. The Morgan fingerprint density at radius 2 is 2.32 bits per heavy atom. The van der Waals surface area contributed by atoms with Crippen LogP contribution in [0.15, 0.2) is 36.7 Å². The molecule has 1 aliphatic rings. The van der Waals surface area contributed by atoms with Gasteiger partial charge in [-0.1, -0.05) is 6.07 Å². The number of ether oxygens (including phenoxy) is 1. The van der Waals surface area contributed by atoms with E-state index in [-0.39, 0.29) is 5.91 Å². The third-order valence-corrected chi connectivity index (χ3v) is 3.66. The number of nitrogens with one attached hydrogen (secondary N) is 1. The monoisotopic (exact) mass is 301 g/mol. The van der Waals surface area contributed by atoms with E-state index < -0.39 is 6.10 Å². The largest absolute Gasteiger partial charge is 0.366 e. The van der Waals surface area contributed by atoms with Crippen molar-refractivity contribution in [1.82, 2.24) is 25.0 Å². The number of amides is 1. The molecule has 7 nitrogen and oxygen atoms in total. The standard InChI is InChI=1S/C15H19N5O2/c1-16-15(21)13-11-19(8-9-22-13)10-12-5-7-18-20(12)14-4-2-3-6-17-14/h2-7,13H,8-11H2,1H3,(H,16,21). The first-order valence-electron chi connectivity index (χ1n) is 7.28. The molecule has 0 spiro atoms. The highest BCUT2D eigenvalue weighted by atomic mass is 16.5. The Morgan fingerprint density at radius 3 is 3.09 bits per heavy atom. The molecule has 2 aromatic heterocycles. The molecule has 0 aromatic carbocycles. The van der Waals surface area contributed by atoms with Gasteiger partial charge in [0, 0.05) is 39.1 Å². The van der Waals surface area contributed by atoms with Crippen LogP contribution in [0.4, 0.5) is 0 Å². The summed E-state index contributed by atoms with van der Waals surface area (Å²) in [6, 6.07) is 7.70. The molecule has 0 aliphatic carbocycles. The Kier molecular flexibility index (Phi) is 4.45. The second-order valence-electron chi connectivity index (χ2n) is 5.13. The topological polar surface area (TPSA) is 72.3 Å². The fourth-order valence-corrected chi connectivity index (χ4v) is 2.53. The van der Waals surface area contributed by atoms with Gasteiger partial charge < -0.3 is 10.1 Å². The second kappa shape index (κ2) is 6.67. The molecule has 0 radical (unpaired) electrons. The lowest BCUT2D eigenvalue weighted by Crippen LogP contribution is -2.48. The summed E-state index contributed by atoms with van der Waals surface area (Å²) < 4.78 is 7.33. The van der Waals surface area contributed by atoms with Crippen molar-refractivity contribution in [3.05, 3.63) is 42.4 Å². The van der Waals surface area contributed by atoms with Gasteiger partial charge in [-0.2, -0.15) is 5.10 Å². The van der Waals surface area contributed by atoms with Gasteiger partial charge >= 0.3 is 0 Å². The average Bonchev–Trinajstić information content (AvgIpc) is 3.03. The zero-order valence-electron chi connectivity index (χ0n) is 12.5. The van der Waals surface area contributed by atoms with Crippen LogP contribution in [-0.2, 0) is 16.1 Å². The van der Waals surface area contributed by atoms with Gasteiger partial charge in [0.2, 0.25) is 5.91 Å². The normalized spacial score (nSPS) is 19.0. The van der Waals surface area contributed by atoms with Crippen molar-refractivity contribution in [3.63, 3.8) is 0 Å². The molecular formula is C15H19N5O2. The minimum Gasteiger partial charge on any atom is -0.366 e. The first-order valence-corrected chi connectivity index (χ1v) is 7.28. The van der Waals surface area contributed by atoms with E-state index in [1.807, 2.05) is 28.9 Å². The van der Waals surface area contributed by atoms with E-state index in [1.54, 1.807) is 19.4 Å². The summed E-state index contributed by atoms with van der Waals surface area (Å²) in [4.78, 5) is 18.2. The SMILES string of the molecule is CNC(=O)C1CN(Cc2ccnn2-c2ccccn2)CCO1. The van der Waals surface area contributed by atoms with Crippen LogP contribution in [-0.4, -0.2) is 58.4 Å². The molecule has 3 rings (SSSR count). The predicted molar refractivity (Wildman–Crippen MR) is 80.4 cm³/mol. The van der Waals surface area contributed by atoms with Gasteiger partial charge in [0.25, 0.3) is 0 Å². The summed E-state index contributed by atoms with van der Waals surface area (Å²) >= 11 is 0. The van der Waals surface area contributed by atoms with Crippen LogP contribution in [0.1, 0.15) is 5.69 Å². The fourth-order valence-electron chi connectivity index (χ4n) is 2.53. The molecule has 1 fully saturated rings. The Labute approximate surface area is 128 Å². The van der Waals surface area contributed by atoms with Gasteiger partial charge in [-0.3, -0.25) is 9.69 Å². The minimum absolute atomic E-state index is 0.0806. The number of rotatable bonds is 4. The first-order chi connectivity index (χ1) is 10.8. The number of hydrogen-bond donors (Lipinski definition) is 1. The van der Waals surface area contributed by atoms with E-state index in [1.165, 1.54) is 0 Å². The zero-order chi connectivity index (χ0) is 15.4. The molecule has 2 aromatic rings. The molecule has 22 heavy (non-hydrogen) atoms. The van der Waals surface area contributed by atoms with Crippen LogP contribution in [0.25, 0.3) is 5.82 Å². The van der Waals surface area contributed by atoms with Crippen molar-refractivity contribution >= 4 is 5.91 Å². The second-order valence-corrected chi connectivity index (χ2v) is 5.13. The van der Waals surface area contributed by atoms with Gasteiger partial charge in [-0.15, -0.1) is 0 Å². The summed E-state index contributed by atoms with van der Waals surface area (Å²) in [6.07, 6.45) is 3.10. The molecule has 1 aliphatic heterocycles. The fraction of sp³-hybridized carbons (Fsp3) is 0.400. The van der Waals surface area contributed by atoms with E-state index in [9.17, 15) is 4.79 Å². The van der Waals surface area contributed by atoms with Crippen molar-refractivity contribution in [2.45, 2.75) is 12.6 Å². The lowest BCUT2D eigenvalue weighted by atomic mass is 10.2. The highest BCUT2D eigenvalue weighted by molar-refractivity contribution is 5.80. The first kappa shape index (κ1) is 14.7. The van der Waals surface area contributed by atoms with E-state index in [0.29, 0.717) is 19.7 Å². The number of carbonyl (C=O) groups excluding carboxylic acids is 1. The molecule has 1 amide bonds. The molecule has 116 valence electrons. The van der Waals surface area contributed by atoms with Gasteiger partial charge in [-0.25, -0.2) is 9.67 Å². The van der Waals surface area contributed by atoms with Crippen LogP contribution in [0.2, 0.25) is 0 Å². The third-order valence-electron chi connectivity index (χ3n) is 3.66. The molecular weight excluding hydrogens is 282 g/mol. The molecule has 7 heteroatoms. The quantitative estimate of drug-likeness (QED) is 0.874. The number of nitrogens with zero attached hydrogens (tertiary/aromatic N) is 4. The number of morpholine rings is 1. The summed E-state index contributed by atoms with van der Waals surface area (Å²) in [5.41, 5.74) is 1.04. The van der Waals surface area contributed by atoms with Crippen molar-refractivity contribution in [3.8, 4) is 5.82 Å². The highest BCUT2D eigenvalue weighted by Crippen LogP contribution is 2.13.